The van der Waals surface area contributed by atoms with Crippen LogP contribution in [0.4, 0.5) is 0 Å². The molecule has 0 unspecified atom stereocenters. The third-order valence-corrected chi connectivity index (χ3v) is 4.84. The number of thioether (sulfide) groups is 1. The number of carbonyl (C=O) groups is 1. The number of carbonyl (C=O) groups excluding carboxylic acids is 1. The van der Waals surface area contributed by atoms with E-state index in [1.54, 1.807) is 0 Å². The molecule has 0 aliphatic rings. The van der Waals surface area contributed by atoms with Gasteiger partial charge in [0.15, 0.2) is 5.12 Å². The molecule has 0 aliphatic carbocycles. The summed E-state index contributed by atoms with van der Waals surface area (Å²) in [6.07, 6.45) is 1.53. The highest BCUT2D eigenvalue weighted by Gasteiger charge is 2.22. The van der Waals surface area contributed by atoms with E-state index in [4.69, 9.17) is 4.52 Å². The molecule has 7 heteroatoms. The summed E-state index contributed by atoms with van der Waals surface area (Å²) in [5.74, 6) is 0.740. The third kappa shape index (κ3) is 7.54. The lowest BCUT2D eigenvalue weighted by molar-refractivity contribution is -0.117. The van der Waals surface area contributed by atoms with E-state index in [9.17, 15) is 9.36 Å². The summed E-state index contributed by atoms with van der Waals surface area (Å²) in [5.41, 5.74) is -0.303. The van der Waals surface area contributed by atoms with Crippen LogP contribution in [0.15, 0.2) is 0 Å². The molecule has 5 nitrogen and oxygen atoms in total. The Balaban J connectivity index is 3.65. The normalized spacial score (nSPS) is 12.7. The fraction of sp³-hybridized carbons (Fsp3) is 0.909. The van der Waals surface area contributed by atoms with Crippen LogP contribution in [0.25, 0.3) is 0 Å². The lowest BCUT2D eigenvalue weighted by Crippen LogP contribution is -2.16. The van der Waals surface area contributed by atoms with Crippen molar-refractivity contribution in [2.75, 3.05) is 26.6 Å². The first-order chi connectivity index (χ1) is 8.25. The van der Waals surface area contributed by atoms with Gasteiger partial charge in [-0.1, -0.05) is 32.5 Å². The molecular formula is C11H23O5PS. The van der Waals surface area contributed by atoms with Gasteiger partial charge in [-0.2, -0.15) is 0 Å². The molecule has 0 saturated carbocycles. The second-order valence-corrected chi connectivity index (χ2v) is 7.69. The largest absolute Gasteiger partial charge is 0.474 e. The molecule has 108 valence electrons. The molecule has 0 bridgehead atoms. The van der Waals surface area contributed by atoms with Gasteiger partial charge in [-0.25, -0.2) is 4.57 Å². The van der Waals surface area contributed by atoms with E-state index >= 15 is 0 Å². The number of rotatable bonds is 8. The first-order valence-corrected chi connectivity index (χ1v) is 8.23. The average Bonchev–Trinajstić information content (AvgIpc) is 2.31. The first-order valence-electron chi connectivity index (χ1n) is 5.78. The topological polar surface area (TPSA) is 61.8 Å². The van der Waals surface area contributed by atoms with Crippen LogP contribution in [0.1, 0.15) is 33.6 Å². The van der Waals surface area contributed by atoms with Crippen LogP contribution in [-0.4, -0.2) is 31.7 Å². The molecular weight excluding hydrogens is 275 g/mol. The lowest BCUT2D eigenvalue weighted by Gasteiger charge is -2.15. The van der Waals surface area contributed by atoms with Crippen molar-refractivity contribution in [3.8, 4) is 0 Å². The molecule has 0 aromatic heterocycles. The van der Waals surface area contributed by atoms with Crippen LogP contribution in [0.2, 0.25) is 0 Å². The fourth-order valence-electron chi connectivity index (χ4n) is 0.942. The van der Waals surface area contributed by atoms with Crippen molar-refractivity contribution < 1.29 is 22.9 Å². The number of hydrogen-bond acceptors (Lipinski definition) is 6. The zero-order valence-corrected chi connectivity index (χ0v) is 13.4. The van der Waals surface area contributed by atoms with Crippen molar-refractivity contribution in [2.45, 2.75) is 33.6 Å². The van der Waals surface area contributed by atoms with Gasteiger partial charge in [0.05, 0.1) is 6.61 Å². The Morgan fingerprint density at radius 1 is 1.17 bits per heavy atom. The van der Waals surface area contributed by atoms with Gasteiger partial charge < -0.3 is 0 Å². The van der Waals surface area contributed by atoms with Gasteiger partial charge in [-0.3, -0.25) is 18.4 Å². The van der Waals surface area contributed by atoms with Gasteiger partial charge in [0.2, 0.25) is 0 Å². The molecule has 0 saturated heterocycles. The van der Waals surface area contributed by atoms with Crippen molar-refractivity contribution in [1.29, 1.82) is 0 Å². The minimum atomic E-state index is -3.35. The van der Waals surface area contributed by atoms with E-state index < -0.39 is 7.82 Å². The van der Waals surface area contributed by atoms with Crippen molar-refractivity contribution >= 4 is 24.7 Å². The van der Waals surface area contributed by atoms with Gasteiger partial charge in [0, 0.05) is 25.4 Å². The highest BCUT2D eigenvalue weighted by molar-refractivity contribution is 8.13. The number of hydrogen-bond donors (Lipinski definition) is 0. The number of phosphoric ester groups is 1. The molecule has 0 aromatic carbocycles. The van der Waals surface area contributed by atoms with Crippen LogP contribution in [0.5, 0.6) is 0 Å². The van der Waals surface area contributed by atoms with E-state index in [2.05, 4.69) is 9.05 Å². The van der Waals surface area contributed by atoms with Crippen molar-refractivity contribution in [2.24, 2.45) is 5.41 Å². The highest BCUT2D eigenvalue weighted by Crippen LogP contribution is 2.47. The summed E-state index contributed by atoms with van der Waals surface area (Å²) >= 11 is 1.33. The third-order valence-electron chi connectivity index (χ3n) is 2.08. The van der Waals surface area contributed by atoms with E-state index in [-0.39, 0.29) is 10.5 Å². The molecule has 0 aromatic rings. The predicted octanol–water partition coefficient (Wildman–Crippen LogP) is 3.49. The van der Waals surface area contributed by atoms with Gasteiger partial charge in [-0.05, 0) is 12.8 Å². The standard InChI is InChI=1S/C11H23O5PS/c1-11(2,3)10(12)18-9-7-6-8-16-17(13,14-4)15-5/h6-9H2,1-5H3. The second kappa shape index (κ2) is 8.33. The highest BCUT2D eigenvalue weighted by atomic mass is 32.2. The Labute approximate surface area is 114 Å². The quantitative estimate of drug-likeness (QED) is 0.505. The van der Waals surface area contributed by atoms with Crippen molar-refractivity contribution in [1.82, 2.24) is 0 Å². The Morgan fingerprint density at radius 3 is 2.17 bits per heavy atom. The fourth-order valence-corrected chi connectivity index (χ4v) is 2.62. The maximum atomic E-state index is 11.6. The molecule has 0 heterocycles. The minimum Gasteiger partial charge on any atom is -0.290 e. The number of phosphoric acid groups is 1. The second-order valence-electron chi connectivity index (χ2n) is 4.74. The SMILES string of the molecule is COP(=O)(OC)OCCCCSC(=O)C(C)(C)C. The lowest BCUT2D eigenvalue weighted by atomic mass is 10.00. The predicted molar refractivity (Wildman–Crippen MR) is 73.7 cm³/mol. The molecule has 0 aliphatic heterocycles. The molecule has 0 atom stereocenters. The summed E-state index contributed by atoms with van der Waals surface area (Å²) in [4.78, 5) is 11.6. The summed E-state index contributed by atoms with van der Waals surface area (Å²) < 4.78 is 25.8. The van der Waals surface area contributed by atoms with Crippen LogP contribution in [0, 0.1) is 5.41 Å². The zero-order chi connectivity index (χ0) is 14.2. The van der Waals surface area contributed by atoms with Gasteiger partial charge in [0.1, 0.15) is 0 Å². The Morgan fingerprint density at radius 2 is 1.72 bits per heavy atom. The van der Waals surface area contributed by atoms with Crippen molar-refractivity contribution in [3.05, 3.63) is 0 Å². The molecule has 0 rings (SSSR count). The van der Waals surface area contributed by atoms with E-state index in [0.29, 0.717) is 13.0 Å². The summed E-state index contributed by atoms with van der Waals surface area (Å²) in [6, 6.07) is 0. The molecule has 18 heavy (non-hydrogen) atoms. The van der Waals surface area contributed by atoms with Crippen molar-refractivity contribution in [3.63, 3.8) is 0 Å². The maximum Gasteiger partial charge on any atom is 0.474 e. The zero-order valence-electron chi connectivity index (χ0n) is 11.7. The molecule has 0 fully saturated rings. The first kappa shape index (κ1) is 18.1. The monoisotopic (exact) mass is 298 g/mol. The Bertz CT molecular complexity index is 292. The van der Waals surface area contributed by atoms with Crippen LogP contribution in [0.3, 0.4) is 0 Å². The maximum absolute atomic E-state index is 11.6. The smallest absolute Gasteiger partial charge is 0.290 e. The van der Waals surface area contributed by atoms with Gasteiger partial charge in [-0.15, -0.1) is 0 Å². The van der Waals surface area contributed by atoms with Gasteiger partial charge >= 0.3 is 7.82 Å². The summed E-state index contributed by atoms with van der Waals surface area (Å²) in [5, 5.41) is 0.183. The van der Waals surface area contributed by atoms with E-state index in [1.807, 2.05) is 20.8 Å². The molecule has 0 N–H and O–H groups in total. The van der Waals surface area contributed by atoms with E-state index in [1.165, 1.54) is 26.0 Å². The van der Waals surface area contributed by atoms with Crippen LogP contribution < -0.4 is 0 Å². The average molecular weight is 298 g/mol. The van der Waals surface area contributed by atoms with E-state index in [0.717, 1.165) is 12.2 Å². The summed E-state index contributed by atoms with van der Waals surface area (Å²) in [6.45, 7) is 6.00. The summed E-state index contributed by atoms with van der Waals surface area (Å²) in [7, 11) is -0.789. The Hall–Kier alpha value is 0.130. The Kier molecular flexibility index (Phi) is 8.39. The van der Waals surface area contributed by atoms with Crippen LogP contribution in [-0.2, 0) is 22.9 Å². The molecule has 0 amide bonds. The van der Waals surface area contributed by atoms with Gasteiger partial charge in [0.25, 0.3) is 0 Å². The molecule has 0 spiro atoms. The number of unbranched alkanes of at least 4 members (excludes halogenated alkanes) is 1. The molecule has 0 radical (unpaired) electrons. The minimum absolute atomic E-state index is 0.183. The van der Waals surface area contributed by atoms with Crippen LogP contribution >= 0.6 is 19.6 Å².